The third-order valence-corrected chi connectivity index (χ3v) is 4.38. The minimum Gasteiger partial charge on any atom is -0.491 e. The molecule has 1 fully saturated rings. The van der Waals surface area contributed by atoms with Gasteiger partial charge in [0.05, 0.1) is 12.7 Å². The van der Waals surface area contributed by atoms with Crippen molar-refractivity contribution in [2.75, 3.05) is 38.2 Å². The van der Waals surface area contributed by atoms with Crippen LogP contribution in [0, 0.1) is 28.8 Å². The van der Waals surface area contributed by atoms with E-state index in [1.54, 1.807) is 12.1 Å². The van der Waals surface area contributed by atoms with Gasteiger partial charge in [-0.25, -0.2) is 18.2 Å². The molecule has 1 aromatic carbocycles. The van der Waals surface area contributed by atoms with Gasteiger partial charge in [-0.1, -0.05) is 0 Å². The predicted octanol–water partition coefficient (Wildman–Crippen LogP) is 2.70. The largest absolute Gasteiger partial charge is 0.491 e. The standard InChI is InChI=1S/C18H17F3N4O/c1-26-18-15(20)8-14(19)13(17(18)21)11-24-4-6-25(7-5-24)16-3-2-12(9-22)10-23-16/h2-3,8,10H,4-7,11H2,1H3. The molecule has 8 heteroatoms. The van der Waals surface area contributed by atoms with Gasteiger partial charge in [0.15, 0.2) is 17.4 Å². The monoisotopic (exact) mass is 362 g/mol. The number of hydrogen-bond acceptors (Lipinski definition) is 5. The van der Waals surface area contributed by atoms with Gasteiger partial charge >= 0.3 is 0 Å². The SMILES string of the molecule is COc1c(F)cc(F)c(CN2CCN(c3ccc(C#N)cn3)CC2)c1F. The molecular weight excluding hydrogens is 345 g/mol. The molecule has 1 saturated heterocycles. The van der Waals surface area contributed by atoms with Crippen LogP contribution in [0.15, 0.2) is 24.4 Å². The Morgan fingerprint density at radius 3 is 2.46 bits per heavy atom. The van der Waals surface area contributed by atoms with Crippen LogP contribution in [-0.2, 0) is 6.54 Å². The quantitative estimate of drug-likeness (QED) is 0.837. The van der Waals surface area contributed by atoms with E-state index < -0.39 is 23.2 Å². The first-order valence-corrected chi connectivity index (χ1v) is 8.07. The maximum Gasteiger partial charge on any atom is 0.190 e. The lowest BCUT2D eigenvalue weighted by atomic mass is 10.1. The van der Waals surface area contributed by atoms with E-state index in [1.165, 1.54) is 6.20 Å². The molecule has 0 spiro atoms. The average molecular weight is 362 g/mol. The van der Waals surface area contributed by atoms with Crippen molar-refractivity contribution in [1.82, 2.24) is 9.88 Å². The summed E-state index contributed by atoms with van der Waals surface area (Å²) >= 11 is 0. The Labute approximate surface area is 149 Å². The first-order chi connectivity index (χ1) is 12.5. The fraction of sp³-hybridized carbons (Fsp3) is 0.333. The zero-order valence-electron chi connectivity index (χ0n) is 14.2. The van der Waals surface area contributed by atoms with E-state index >= 15 is 0 Å². The van der Waals surface area contributed by atoms with Crippen LogP contribution < -0.4 is 9.64 Å². The molecule has 3 rings (SSSR count). The summed E-state index contributed by atoms with van der Waals surface area (Å²) in [5.74, 6) is -2.78. The van der Waals surface area contributed by atoms with Gasteiger partial charge in [0.25, 0.3) is 0 Å². The second-order valence-electron chi connectivity index (χ2n) is 5.95. The number of benzene rings is 1. The number of aromatic nitrogens is 1. The Morgan fingerprint density at radius 1 is 1.15 bits per heavy atom. The van der Waals surface area contributed by atoms with Gasteiger partial charge in [0.2, 0.25) is 0 Å². The number of hydrogen-bond donors (Lipinski definition) is 0. The first-order valence-electron chi connectivity index (χ1n) is 8.07. The molecule has 26 heavy (non-hydrogen) atoms. The Balaban J connectivity index is 1.67. The zero-order valence-corrected chi connectivity index (χ0v) is 14.2. The van der Waals surface area contributed by atoms with E-state index in [0.29, 0.717) is 37.8 Å². The molecular formula is C18H17F3N4O. The van der Waals surface area contributed by atoms with Crippen LogP contribution in [0.5, 0.6) is 5.75 Å². The number of halogens is 3. The fourth-order valence-corrected chi connectivity index (χ4v) is 2.94. The highest BCUT2D eigenvalue weighted by Gasteiger charge is 2.24. The highest BCUT2D eigenvalue weighted by Crippen LogP contribution is 2.28. The summed E-state index contributed by atoms with van der Waals surface area (Å²) in [5.41, 5.74) is 0.289. The second-order valence-corrected chi connectivity index (χ2v) is 5.95. The first kappa shape index (κ1) is 18.0. The number of rotatable bonds is 4. The number of pyridine rings is 1. The van der Waals surface area contributed by atoms with Crippen molar-refractivity contribution in [1.29, 1.82) is 5.26 Å². The zero-order chi connectivity index (χ0) is 18.7. The third kappa shape index (κ3) is 3.58. The van der Waals surface area contributed by atoms with Gasteiger partial charge in [-0.3, -0.25) is 4.90 Å². The summed E-state index contributed by atoms with van der Waals surface area (Å²) in [5, 5.41) is 8.81. The smallest absolute Gasteiger partial charge is 0.190 e. The van der Waals surface area contributed by atoms with Gasteiger partial charge in [0, 0.05) is 50.6 Å². The van der Waals surface area contributed by atoms with Gasteiger partial charge in [-0.2, -0.15) is 5.26 Å². The Hall–Kier alpha value is -2.79. The molecule has 2 heterocycles. The third-order valence-electron chi connectivity index (χ3n) is 4.38. The van der Waals surface area contributed by atoms with Gasteiger partial charge in [0.1, 0.15) is 17.7 Å². The predicted molar refractivity (Wildman–Crippen MR) is 89.3 cm³/mol. The minimum absolute atomic E-state index is 0.0307. The van der Waals surface area contributed by atoms with E-state index in [-0.39, 0.29) is 12.1 Å². The van der Waals surface area contributed by atoms with Crippen molar-refractivity contribution in [3.8, 4) is 11.8 Å². The van der Waals surface area contributed by atoms with Crippen LogP contribution in [0.25, 0.3) is 0 Å². The lowest BCUT2D eigenvalue weighted by molar-refractivity contribution is 0.240. The summed E-state index contributed by atoms with van der Waals surface area (Å²) in [6, 6.07) is 6.14. The van der Waals surface area contributed by atoms with Crippen molar-refractivity contribution in [2.24, 2.45) is 0 Å². The van der Waals surface area contributed by atoms with Crippen molar-refractivity contribution in [2.45, 2.75) is 6.54 Å². The number of methoxy groups -OCH3 is 1. The van der Waals surface area contributed by atoms with E-state index in [4.69, 9.17) is 5.26 Å². The summed E-state index contributed by atoms with van der Waals surface area (Å²) in [6.45, 7) is 2.42. The highest BCUT2D eigenvalue weighted by molar-refractivity contribution is 5.42. The van der Waals surface area contributed by atoms with Crippen molar-refractivity contribution in [3.63, 3.8) is 0 Å². The topological polar surface area (TPSA) is 52.4 Å². The van der Waals surface area contributed by atoms with Gasteiger partial charge < -0.3 is 9.64 Å². The molecule has 1 aliphatic heterocycles. The van der Waals surface area contributed by atoms with E-state index in [0.717, 1.165) is 12.9 Å². The van der Waals surface area contributed by atoms with E-state index in [2.05, 4.69) is 9.72 Å². The second kappa shape index (κ2) is 7.62. The van der Waals surface area contributed by atoms with Crippen molar-refractivity contribution < 1.29 is 17.9 Å². The Morgan fingerprint density at radius 2 is 1.88 bits per heavy atom. The molecule has 0 amide bonds. The summed E-state index contributed by atoms with van der Waals surface area (Å²) in [6.07, 6.45) is 1.51. The molecule has 0 bridgehead atoms. The molecule has 0 radical (unpaired) electrons. The maximum absolute atomic E-state index is 14.3. The van der Waals surface area contributed by atoms with Crippen LogP contribution in [-0.4, -0.2) is 43.2 Å². The number of nitriles is 1. The molecule has 1 aromatic heterocycles. The van der Waals surface area contributed by atoms with Crippen LogP contribution in [0.4, 0.5) is 19.0 Å². The van der Waals surface area contributed by atoms with Crippen LogP contribution in [0.1, 0.15) is 11.1 Å². The lowest BCUT2D eigenvalue weighted by Gasteiger charge is -2.35. The molecule has 0 atom stereocenters. The maximum atomic E-state index is 14.3. The molecule has 0 saturated carbocycles. The Kier molecular flexibility index (Phi) is 5.28. The van der Waals surface area contributed by atoms with E-state index in [9.17, 15) is 13.2 Å². The summed E-state index contributed by atoms with van der Waals surface area (Å²) in [4.78, 5) is 8.17. The number of nitrogens with zero attached hydrogens (tertiary/aromatic N) is 4. The number of ether oxygens (including phenoxy) is 1. The Bertz CT molecular complexity index is 828. The lowest BCUT2D eigenvalue weighted by Crippen LogP contribution is -2.46. The molecule has 0 unspecified atom stereocenters. The summed E-state index contributed by atoms with van der Waals surface area (Å²) < 4.78 is 46.5. The molecule has 0 aliphatic carbocycles. The fourth-order valence-electron chi connectivity index (χ4n) is 2.94. The van der Waals surface area contributed by atoms with Crippen LogP contribution in [0.2, 0.25) is 0 Å². The number of anilines is 1. The summed E-state index contributed by atoms with van der Waals surface area (Å²) in [7, 11) is 1.15. The molecule has 2 aromatic rings. The van der Waals surface area contributed by atoms with E-state index in [1.807, 2.05) is 15.9 Å². The van der Waals surface area contributed by atoms with Gasteiger partial charge in [-0.05, 0) is 12.1 Å². The minimum atomic E-state index is -1.05. The number of piperazine rings is 1. The van der Waals surface area contributed by atoms with Gasteiger partial charge in [-0.15, -0.1) is 0 Å². The molecule has 5 nitrogen and oxygen atoms in total. The average Bonchev–Trinajstić information content (AvgIpc) is 2.66. The van der Waals surface area contributed by atoms with Crippen LogP contribution >= 0.6 is 0 Å². The molecule has 0 N–H and O–H groups in total. The molecule has 136 valence electrons. The normalized spacial score (nSPS) is 15.0. The molecule has 1 aliphatic rings. The van der Waals surface area contributed by atoms with Crippen LogP contribution in [0.3, 0.4) is 0 Å². The van der Waals surface area contributed by atoms with Crippen molar-refractivity contribution in [3.05, 3.63) is 53.0 Å². The highest BCUT2D eigenvalue weighted by atomic mass is 19.1. The van der Waals surface area contributed by atoms with Crippen molar-refractivity contribution >= 4 is 5.82 Å².